The second-order valence-corrected chi connectivity index (χ2v) is 4.76. The van der Waals surface area contributed by atoms with Gasteiger partial charge in [-0.25, -0.2) is 4.79 Å². The van der Waals surface area contributed by atoms with E-state index in [1.54, 1.807) is 26.0 Å². The number of hydrogen-bond acceptors (Lipinski definition) is 4. The molecule has 0 saturated carbocycles. The van der Waals surface area contributed by atoms with Crippen molar-refractivity contribution >= 4 is 11.9 Å². The number of hydrogen-bond donors (Lipinski definition) is 2. The van der Waals surface area contributed by atoms with Gasteiger partial charge in [0.2, 0.25) is 5.91 Å². The molecular formula is C15H16N2O4. The van der Waals surface area contributed by atoms with Crippen LogP contribution in [0.25, 0.3) is 0 Å². The molecule has 2 N–H and O–H groups in total. The molecule has 0 radical (unpaired) electrons. The van der Waals surface area contributed by atoms with Crippen molar-refractivity contribution in [2.75, 3.05) is 0 Å². The smallest absolute Gasteiger partial charge is 0.335 e. The molecule has 0 fully saturated rings. The van der Waals surface area contributed by atoms with Gasteiger partial charge in [-0.1, -0.05) is 17.3 Å². The third-order valence-corrected chi connectivity index (χ3v) is 3.21. The minimum absolute atomic E-state index is 0.133. The fraction of sp³-hybridized carbons (Fsp3) is 0.267. The minimum atomic E-state index is -0.969. The molecule has 0 saturated heterocycles. The number of carboxylic acid groups (broad SMARTS) is 1. The number of nitrogens with zero attached hydrogens (tertiary/aromatic N) is 1. The van der Waals surface area contributed by atoms with Crippen LogP contribution >= 0.6 is 0 Å². The van der Waals surface area contributed by atoms with Crippen LogP contribution in [0.1, 0.15) is 32.9 Å². The number of benzene rings is 1. The molecule has 21 heavy (non-hydrogen) atoms. The normalized spacial score (nSPS) is 10.4. The lowest BCUT2D eigenvalue weighted by Crippen LogP contribution is -2.24. The van der Waals surface area contributed by atoms with Crippen LogP contribution in [0, 0.1) is 13.8 Å². The zero-order valence-electron chi connectivity index (χ0n) is 11.8. The summed E-state index contributed by atoms with van der Waals surface area (Å²) in [6.07, 6.45) is 0.217. The number of rotatable bonds is 5. The van der Waals surface area contributed by atoms with Crippen molar-refractivity contribution in [1.82, 2.24) is 10.5 Å². The quantitative estimate of drug-likeness (QED) is 0.876. The lowest BCUT2D eigenvalue weighted by molar-refractivity contribution is -0.120. The van der Waals surface area contributed by atoms with Crippen LogP contribution < -0.4 is 5.32 Å². The fourth-order valence-electron chi connectivity index (χ4n) is 1.94. The third-order valence-electron chi connectivity index (χ3n) is 3.21. The highest BCUT2D eigenvalue weighted by molar-refractivity contribution is 5.87. The lowest BCUT2D eigenvalue weighted by atomic mass is 10.1. The van der Waals surface area contributed by atoms with Gasteiger partial charge >= 0.3 is 5.97 Å². The summed E-state index contributed by atoms with van der Waals surface area (Å²) in [5.41, 5.74) is 2.58. The van der Waals surface area contributed by atoms with E-state index in [-0.39, 0.29) is 17.9 Å². The van der Waals surface area contributed by atoms with E-state index >= 15 is 0 Å². The average molecular weight is 288 g/mol. The maximum Gasteiger partial charge on any atom is 0.335 e. The van der Waals surface area contributed by atoms with Crippen molar-refractivity contribution < 1.29 is 19.2 Å². The minimum Gasteiger partial charge on any atom is -0.478 e. The third kappa shape index (κ3) is 3.68. The molecule has 2 rings (SSSR count). The summed E-state index contributed by atoms with van der Waals surface area (Å²) < 4.78 is 5.01. The first kappa shape index (κ1) is 14.8. The molecule has 0 aliphatic rings. The Kier molecular flexibility index (Phi) is 4.37. The van der Waals surface area contributed by atoms with E-state index in [4.69, 9.17) is 9.63 Å². The molecule has 1 amide bonds. The van der Waals surface area contributed by atoms with Crippen molar-refractivity contribution in [1.29, 1.82) is 0 Å². The van der Waals surface area contributed by atoms with E-state index in [0.29, 0.717) is 18.0 Å². The topological polar surface area (TPSA) is 92.4 Å². The Morgan fingerprint density at radius 1 is 1.24 bits per heavy atom. The van der Waals surface area contributed by atoms with Crippen LogP contribution in [0.15, 0.2) is 28.8 Å². The van der Waals surface area contributed by atoms with Gasteiger partial charge in [-0.2, -0.15) is 0 Å². The van der Waals surface area contributed by atoms with Gasteiger partial charge in [-0.3, -0.25) is 4.79 Å². The standard InChI is InChI=1S/C15H16N2O4/c1-9-13(10(2)21-17-9)7-14(18)16-8-11-3-5-12(6-4-11)15(19)20/h3-6H,7-8H2,1-2H3,(H,16,18)(H,19,20). The van der Waals surface area contributed by atoms with E-state index in [9.17, 15) is 9.59 Å². The van der Waals surface area contributed by atoms with E-state index in [1.165, 1.54) is 12.1 Å². The van der Waals surface area contributed by atoms with Crippen LogP contribution in [0.4, 0.5) is 0 Å². The largest absolute Gasteiger partial charge is 0.478 e. The van der Waals surface area contributed by atoms with Gasteiger partial charge in [0, 0.05) is 12.1 Å². The first-order valence-corrected chi connectivity index (χ1v) is 6.48. The number of amides is 1. The zero-order valence-corrected chi connectivity index (χ0v) is 11.8. The molecule has 0 aliphatic heterocycles. The first-order chi connectivity index (χ1) is 9.97. The van der Waals surface area contributed by atoms with E-state index in [2.05, 4.69) is 10.5 Å². The molecule has 1 aromatic carbocycles. The van der Waals surface area contributed by atoms with E-state index in [1.807, 2.05) is 0 Å². The Morgan fingerprint density at radius 2 is 1.90 bits per heavy atom. The fourth-order valence-corrected chi connectivity index (χ4v) is 1.94. The summed E-state index contributed by atoms with van der Waals surface area (Å²) in [4.78, 5) is 22.6. The van der Waals surface area contributed by atoms with E-state index < -0.39 is 5.97 Å². The van der Waals surface area contributed by atoms with Crippen molar-refractivity contribution in [2.45, 2.75) is 26.8 Å². The van der Waals surface area contributed by atoms with Crippen LogP contribution in [-0.4, -0.2) is 22.1 Å². The molecule has 6 nitrogen and oxygen atoms in total. The number of aromatic carboxylic acids is 1. The Morgan fingerprint density at radius 3 is 2.43 bits per heavy atom. The van der Waals surface area contributed by atoms with Gasteiger partial charge in [0.05, 0.1) is 17.7 Å². The molecule has 110 valence electrons. The van der Waals surface area contributed by atoms with Crippen LogP contribution in [0.5, 0.6) is 0 Å². The highest BCUT2D eigenvalue weighted by atomic mass is 16.5. The number of carbonyl (C=O) groups excluding carboxylic acids is 1. The van der Waals surface area contributed by atoms with Gasteiger partial charge in [-0.05, 0) is 31.5 Å². The van der Waals surface area contributed by atoms with Crippen molar-refractivity contribution in [3.05, 3.63) is 52.4 Å². The van der Waals surface area contributed by atoms with Gasteiger partial charge in [0.25, 0.3) is 0 Å². The summed E-state index contributed by atoms with van der Waals surface area (Å²) in [6, 6.07) is 6.38. The molecule has 0 atom stereocenters. The lowest BCUT2D eigenvalue weighted by Gasteiger charge is -2.05. The van der Waals surface area contributed by atoms with Crippen LogP contribution in [0.3, 0.4) is 0 Å². The van der Waals surface area contributed by atoms with Crippen LogP contribution in [0.2, 0.25) is 0 Å². The molecule has 0 unspecified atom stereocenters. The average Bonchev–Trinajstić information content (AvgIpc) is 2.77. The Balaban J connectivity index is 1.91. The summed E-state index contributed by atoms with van der Waals surface area (Å²) in [6.45, 7) is 3.92. The Bertz CT molecular complexity index is 639. The molecule has 2 aromatic rings. The molecule has 6 heteroatoms. The first-order valence-electron chi connectivity index (χ1n) is 6.48. The number of aromatic nitrogens is 1. The summed E-state index contributed by atoms with van der Waals surface area (Å²) in [5.74, 6) is -0.454. The maximum atomic E-state index is 11.9. The molecule has 0 aliphatic carbocycles. The van der Waals surface area contributed by atoms with Gasteiger partial charge < -0.3 is 14.9 Å². The molecule has 0 bridgehead atoms. The van der Waals surface area contributed by atoms with Crippen molar-refractivity contribution in [2.24, 2.45) is 0 Å². The molecular weight excluding hydrogens is 272 g/mol. The van der Waals surface area contributed by atoms with Gasteiger partial charge in [0.1, 0.15) is 5.76 Å². The number of nitrogens with one attached hydrogen (secondary N) is 1. The zero-order chi connectivity index (χ0) is 15.4. The summed E-state index contributed by atoms with van der Waals surface area (Å²) in [7, 11) is 0. The molecule has 1 heterocycles. The monoisotopic (exact) mass is 288 g/mol. The second-order valence-electron chi connectivity index (χ2n) is 4.76. The summed E-state index contributed by atoms with van der Waals surface area (Å²) in [5, 5.41) is 15.4. The number of aryl methyl sites for hydroxylation is 2. The van der Waals surface area contributed by atoms with E-state index in [0.717, 1.165) is 11.1 Å². The highest BCUT2D eigenvalue weighted by Gasteiger charge is 2.13. The summed E-state index contributed by atoms with van der Waals surface area (Å²) >= 11 is 0. The van der Waals surface area contributed by atoms with Gasteiger partial charge in [0.15, 0.2) is 0 Å². The molecule has 0 spiro atoms. The second kappa shape index (κ2) is 6.21. The highest BCUT2D eigenvalue weighted by Crippen LogP contribution is 2.12. The number of carbonyl (C=O) groups is 2. The Hall–Kier alpha value is -2.63. The SMILES string of the molecule is Cc1noc(C)c1CC(=O)NCc1ccc(C(=O)O)cc1. The van der Waals surface area contributed by atoms with Crippen molar-refractivity contribution in [3.8, 4) is 0 Å². The van der Waals surface area contributed by atoms with Crippen LogP contribution in [-0.2, 0) is 17.8 Å². The predicted octanol–water partition coefficient (Wildman–Crippen LogP) is 1.85. The predicted molar refractivity (Wildman–Crippen MR) is 74.9 cm³/mol. The van der Waals surface area contributed by atoms with Crippen molar-refractivity contribution in [3.63, 3.8) is 0 Å². The van der Waals surface area contributed by atoms with Gasteiger partial charge in [-0.15, -0.1) is 0 Å². The Labute approximate surface area is 121 Å². The maximum absolute atomic E-state index is 11.9. The number of carboxylic acids is 1. The molecule has 1 aromatic heterocycles.